The van der Waals surface area contributed by atoms with E-state index in [0.29, 0.717) is 11.5 Å². The van der Waals surface area contributed by atoms with E-state index in [1.54, 1.807) is 6.07 Å². The van der Waals surface area contributed by atoms with Crippen molar-refractivity contribution in [2.75, 3.05) is 0 Å². The van der Waals surface area contributed by atoms with Gasteiger partial charge in [0.25, 0.3) is 5.89 Å². The van der Waals surface area contributed by atoms with Gasteiger partial charge < -0.3 is 9.63 Å². The van der Waals surface area contributed by atoms with Gasteiger partial charge in [0.05, 0.1) is 5.56 Å². The molecule has 0 radical (unpaired) electrons. The average molecular weight is 230 g/mol. The van der Waals surface area contributed by atoms with Gasteiger partial charge in [-0.15, -0.1) is 0 Å². The van der Waals surface area contributed by atoms with E-state index in [-0.39, 0.29) is 5.75 Å². The van der Waals surface area contributed by atoms with Gasteiger partial charge in [-0.2, -0.15) is 4.98 Å². The minimum atomic E-state index is 0.178. The zero-order valence-electron chi connectivity index (χ0n) is 9.68. The molecule has 3 rings (SSSR count). The van der Waals surface area contributed by atoms with Crippen molar-refractivity contribution < 1.29 is 9.63 Å². The summed E-state index contributed by atoms with van der Waals surface area (Å²) in [6.45, 7) is 1.96. The van der Waals surface area contributed by atoms with Crippen molar-refractivity contribution in [2.45, 2.75) is 26.2 Å². The molecule has 1 aromatic heterocycles. The van der Waals surface area contributed by atoms with Crippen molar-refractivity contribution in [3.63, 3.8) is 0 Å². The molecule has 17 heavy (non-hydrogen) atoms. The molecule has 88 valence electrons. The normalized spacial score (nSPS) is 15.1. The SMILES string of the molecule is Cc1ccc(O)c(-c2nc(CC3CC3)no2)c1. The van der Waals surface area contributed by atoms with Crippen LogP contribution in [0.4, 0.5) is 0 Å². The van der Waals surface area contributed by atoms with Gasteiger partial charge in [-0.05, 0) is 37.8 Å². The molecule has 0 unspecified atom stereocenters. The van der Waals surface area contributed by atoms with Crippen LogP contribution >= 0.6 is 0 Å². The van der Waals surface area contributed by atoms with Crippen LogP contribution in [0.25, 0.3) is 11.5 Å². The van der Waals surface area contributed by atoms with E-state index in [1.165, 1.54) is 12.8 Å². The lowest BCUT2D eigenvalue weighted by Gasteiger charge is -1.99. The molecule has 0 amide bonds. The number of aromatic nitrogens is 2. The van der Waals surface area contributed by atoms with Gasteiger partial charge in [0.2, 0.25) is 0 Å². The van der Waals surface area contributed by atoms with Crippen LogP contribution < -0.4 is 0 Å². The minimum Gasteiger partial charge on any atom is -0.507 e. The zero-order valence-corrected chi connectivity index (χ0v) is 9.68. The van der Waals surface area contributed by atoms with Crippen LogP contribution in [-0.4, -0.2) is 15.2 Å². The highest BCUT2D eigenvalue weighted by Crippen LogP contribution is 2.33. The molecule has 2 aromatic rings. The summed E-state index contributed by atoms with van der Waals surface area (Å²) in [5, 5.41) is 13.7. The maximum atomic E-state index is 9.76. The number of phenols is 1. The Bertz CT molecular complexity index is 544. The van der Waals surface area contributed by atoms with E-state index >= 15 is 0 Å². The van der Waals surface area contributed by atoms with Gasteiger partial charge in [0, 0.05) is 6.42 Å². The summed E-state index contributed by atoms with van der Waals surface area (Å²) in [5.41, 5.74) is 1.67. The van der Waals surface area contributed by atoms with Gasteiger partial charge in [0.1, 0.15) is 5.75 Å². The van der Waals surface area contributed by atoms with Gasteiger partial charge in [-0.25, -0.2) is 0 Å². The molecule has 1 N–H and O–H groups in total. The maximum Gasteiger partial charge on any atom is 0.261 e. The topological polar surface area (TPSA) is 59.2 Å². The lowest BCUT2D eigenvalue weighted by Crippen LogP contribution is -1.89. The number of hydrogen-bond acceptors (Lipinski definition) is 4. The number of aryl methyl sites for hydroxylation is 1. The molecule has 0 bridgehead atoms. The van der Waals surface area contributed by atoms with Crippen molar-refractivity contribution in [3.05, 3.63) is 29.6 Å². The highest BCUT2D eigenvalue weighted by molar-refractivity contribution is 5.62. The first kappa shape index (κ1) is 10.3. The average Bonchev–Trinajstić information content (AvgIpc) is 2.99. The van der Waals surface area contributed by atoms with E-state index in [1.807, 2.05) is 19.1 Å². The first-order valence-corrected chi connectivity index (χ1v) is 5.85. The van der Waals surface area contributed by atoms with Crippen LogP contribution in [0, 0.1) is 12.8 Å². The Balaban J connectivity index is 1.91. The Labute approximate surface area is 99.3 Å². The zero-order chi connectivity index (χ0) is 11.8. The molecule has 0 atom stereocenters. The number of hydrogen-bond donors (Lipinski definition) is 1. The summed E-state index contributed by atoms with van der Waals surface area (Å²) in [4.78, 5) is 4.32. The maximum absolute atomic E-state index is 9.76. The Morgan fingerprint density at radius 3 is 3.00 bits per heavy atom. The molecular weight excluding hydrogens is 216 g/mol. The summed E-state index contributed by atoms with van der Waals surface area (Å²) in [6.07, 6.45) is 3.41. The van der Waals surface area contributed by atoms with E-state index in [4.69, 9.17) is 4.52 Å². The predicted octanol–water partition coefficient (Wildman–Crippen LogP) is 2.70. The lowest BCUT2D eigenvalue weighted by molar-refractivity contribution is 0.416. The van der Waals surface area contributed by atoms with Gasteiger partial charge in [-0.3, -0.25) is 0 Å². The third kappa shape index (κ3) is 2.16. The minimum absolute atomic E-state index is 0.178. The molecule has 4 heteroatoms. The number of nitrogens with zero attached hydrogens (tertiary/aromatic N) is 2. The van der Waals surface area contributed by atoms with Crippen molar-refractivity contribution in [1.82, 2.24) is 10.1 Å². The monoisotopic (exact) mass is 230 g/mol. The molecule has 1 aromatic carbocycles. The number of aromatic hydroxyl groups is 1. The molecule has 4 nitrogen and oxygen atoms in total. The van der Waals surface area contributed by atoms with Crippen molar-refractivity contribution in [3.8, 4) is 17.2 Å². The highest BCUT2D eigenvalue weighted by atomic mass is 16.5. The van der Waals surface area contributed by atoms with Crippen LogP contribution in [-0.2, 0) is 6.42 Å². The van der Waals surface area contributed by atoms with Gasteiger partial charge in [-0.1, -0.05) is 16.8 Å². The van der Waals surface area contributed by atoms with E-state index in [9.17, 15) is 5.11 Å². The predicted molar refractivity (Wildman–Crippen MR) is 62.6 cm³/mol. The first-order valence-electron chi connectivity index (χ1n) is 5.85. The third-order valence-electron chi connectivity index (χ3n) is 3.02. The van der Waals surface area contributed by atoms with Crippen LogP contribution in [0.1, 0.15) is 24.2 Å². The van der Waals surface area contributed by atoms with Crippen LogP contribution in [0.2, 0.25) is 0 Å². The second-order valence-corrected chi connectivity index (χ2v) is 4.68. The largest absolute Gasteiger partial charge is 0.507 e. The first-order chi connectivity index (χ1) is 8.22. The second-order valence-electron chi connectivity index (χ2n) is 4.68. The van der Waals surface area contributed by atoms with Crippen molar-refractivity contribution in [1.29, 1.82) is 0 Å². The fraction of sp³-hybridized carbons (Fsp3) is 0.385. The third-order valence-corrected chi connectivity index (χ3v) is 3.02. The number of phenolic OH excluding ortho intramolecular Hbond substituents is 1. The fourth-order valence-electron chi connectivity index (χ4n) is 1.85. The second kappa shape index (κ2) is 3.87. The molecule has 1 aliphatic carbocycles. The summed E-state index contributed by atoms with van der Waals surface area (Å²) < 4.78 is 5.19. The van der Waals surface area contributed by atoms with Crippen molar-refractivity contribution >= 4 is 0 Å². The Morgan fingerprint density at radius 2 is 2.24 bits per heavy atom. The smallest absolute Gasteiger partial charge is 0.261 e. The summed E-state index contributed by atoms with van der Waals surface area (Å²) in [6, 6.07) is 5.35. The molecule has 1 aliphatic rings. The molecule has 1 heterocycles. The summed E-state index contributed by atoms with van der Waals surface area (Å²) >= 11 is 0. The molecule has 0 saturated heterocycles. The Kier molecular flexibility index (Phi) is 2.35. The van der Waals surface area contributed by atoms with E-state index in [0.717, 1.165) is 23.7 Å². The highest BCUT2D eigenvalue weighted by Gasteiger charge is 2.24. The molecule has 0 aliphatic heterocycles. The Hall–Kier alpha value is -1.84. The molecule has 0 spiro atoms. The fourth-order valence-corrected chi connectivity index (χ4v) is 1.85. The van der Waals surface area contributed by atoms with Crippen LogP contribution in [0.15, 0.2) is 22.7 Å². The number of benzene rings is 1. The van der Waals surface area contributed by atoms with Gasteiger partial charge >= 0.3 is 0 Å². The number of rotatable bonds is 3. The lowest BCUT2D eigenvalue weighted by atomic mass is 10.1. The quantitative estimate of drug-likeness (QED) is 0.880. The van der Waals surface area contributed by atoms with Crippen molar-refractivity contribution in [2.24, 2.45) is 5.92 Å². The van der Waals surface area contributed by atoms with Gasteiger partial charge in [0.15, 0.2) is 5.82 Å². The van der Waals surface area contributed by atoms with Crippen LogP contribution in [0.3, 0.4) is 0 Å². The standard InChI is InChI=1S/C13H14N2O2/c1-8-2-5-11(16)10(6-8)13-14-12(15-17-13)7-9-3-4-9/h2,5-6,9,16H,3-4,7H2,1H3. The van der Waals surface area contributed by atoms with E-state index in [2.05, 4.69) is 10.1 Å². The molecule has 1 saturated carbocycles. The van der Waals surface area contributed by atoms with Crippen LogP contribution in [0.5, 0.6) is 5.75 Å². The Morgan fingerprint density at radius 1 is 1.41 bits per heavy atom. The molecule has 1 fully saturated rings. The molecular formula is C13H14N2O2. The summed E-state index contributed by atoms with van der Waals surface area (Å²) in [7, 11) is 0. The van der Waals surface area contributed by atoms with E-state index < -0.39 is 0 Å². The summed E-state index contributed by atoms with van der Waals surface area (Å²) in [5.74, 6) is 2.05.